The lowest BCUT2D eigenvalue weighted by atomic mass is 10.1. The molecule has 0 aliphatic carbocycles. The molecule has 1 aromatic carbocycles. The van der Waals surface area contributed by atoms with Gasteiger partial charge in [0.2, 0.25) is 0 Å². The van der Waals surface area contributed by atoms with Crippen molar-refractivity contribution in [2.45, 2.75) is 20.0 Å². The SMILES string of the molecule is Cc1ncsc1CCOCc1cccc(C#CCO)c1. The number of aliphatic hydroxyl groups excluding tert-OH is 1. The number of aliphatic hydroxyl groups is 1. The summed E-state index contributed by atoms with van der Waals surface area (Å²) in [7, 11) is 0. The highest BCUT2D eigenvalue weighted by Crippen LogP contribution is 2.13. The Bertz CT molecular complexity index is 610. The van der Waals surface area contributed by atoms with Crippen LogP contribution in [0.4, 0.5) is 0 Å². The van der Waals surface area contributed by atoms with E-state index in [4.69, 9.17) is 9.84 Å². The fourth-order valence-corrected chi connectivity index (χ4v) is 2.56. The standard InChI is InChI=1S/C16H17NO2S/c1-13-16(20-12-17-13)7-9-19-11-15-5-2-4-14(10-15)6-3-8-18/h2,4-5,10,12,18H,7-9,11H2,1H3. The van der Waals surface area contributed by atoms with E-state index < -0.39 is 0 Å². The largest absolute Gasteiger partial charge is 0.384 e. The third kappa shape index (κ3) is 4.46. The molecule has 0 fully saturated rings. The molecule has 0 saturated heterocycles. The van der Waals surface area contributed by atoms with E-state index >= 15 is 0 Å². The third-order valence-electron chi connectivity index (χ3n) is 2.83. The maximum Gasteiger partial charge on any atom is 0.104 e. The van der Waals surface area contributed by atoms with Crippen LogP contribution in [0.5, 0.6) is 0 Å². The summed E-state index contributed by atoms with van der Waals surface area (Å²) in [5, 5.41) is 8.68. The van der Waals surface area contributed by atoms with Crippen LogP contribution in [0.3, 0.4) is 0 Å². The van der Waals surface area contributed by atoms with Gasteiger partial charge in [0.15, 0.2) is 0 Å². The molecule has 0 amide bonds. The zero-order valence-corrected chi connectivity index (χ0v) is 12.2. The van der Waals surface area contributed by atoms with E-state index in [1.54, 1.807) is 11.3 Å². The van der Waals surface area contributed by atoms with Gasteiger partial charge in [0.1, 0.15) is 6.61 Å². The van der Waals surface area contributed by atoms with Gasteiger partial charge in [0.05, 0.1) is 24.4 Å². The van der Waals surface area contributed by atoms with Gasteiger partial charge in [0, 0.05) is 16.9 Å². The van der Waals surface area contributed by atoms with Crippen LogP contribution in [-0.2, 0) is 17.8 Å². The van der Waals surface area contributed by atoms with E-state index in [-0.39, 0.29) is 6.61 Å². The molecule has 0 saturated carbocycles. The predicted molar refractivity (Wildman–Crippen MR) is 80.6 cm³/mol. The van der Waals surface area contributed by atoms with Gasteiger partial charge in [-0.05, 0) is 24.6 Å². The first kappa shape index (κ1) is 14.7. The van der Waals surface area contributed by atoms with Crippen molar-refractivity contribution >= 4 is 11.3 Å². The second-order valence-corrected chi connectivity index (χ2v) is 5.26. The Morgan fingerprint density at radius 1 is 1.40 bits per heavy atom. The number of aromatic nitrogens is 1. The lowest BCUT2D eigenvalue weighted by Crippen LogP contribution is -1.99. The van der Waals surface area contributed by atoms with Crippen molar-refractivity contribution in [3.05, 3.63) is 51.5 Å². The van der Waals surface area contributed by atoms with Crippen molar-refractivity contribution < 1.29 is 9.84 Å². The molecule has 1 heterocycles. The highest BCUT2D eigenvalue weighted by Gasteiger charge is 2.01. The number of hydrogen-bond acceptors (Lipinski definition) is 4. The Kier molecular flexibility index (Phi) is 5.75. The monoisotopic (exact) mass is 287 g/mol. The number of nitrogens with zero attached hydrogens (tertiary/aromatic N) is 1. The maximum atomic E-state index is 8.68. The van der Waals surface area contributed by atoms with Crippen molar-refractivity contribution in [3.8, 4) is 11.8 Å². The van der Waals surface area contributed by atoms with Gasteiger partial charge in [-0.15, -0.1) is 11.3 Å². The molecule has 2 rings (SSSR count). The molecule has 1 N–H and O–H groups in total. The summed E-state index contributed by atoms with van der Waals surface area (Å²) in [6.07, 6.45) is 0.903. The molecule has 0 bridgehead atoms. The topological polar surface area (TPSA) is 42.4 Å². The zero-order valence-electron chi connectivity index (χ0n) is 11.4. The lowest BCUT2D eigenvalue weighted by molar-refractivity contribution is 0.124. The zero-order chi connectivity index (χ0) is 14.2. The van der Waals surface area contributed by atoms with Gasteiger partial charge in [-0.3, -0.25) is 0 Å². The molecule has 2 aromatic rings. The molecule has 0 radical (unpaired) electrons. The molecule has 0 aliphatic heterocycles. The molecule has 4 heteroatoms. The Morgan fingerprint density at radius 3 is 3.05 bits per heavy atom. The highest BCUT2D eigenvalue weighted by atomic mass is 32.1. The fourth-order valence-electron chi connectivity index (χ4n) is 1.80. The number of benzene rings is 1. The molecule has 0 unspecified atom stereocenters. The van der Waals surface area contributed by atoms with Crippen LogP contribution in [-0.4, -0.2) is 23.3 Å². The van der Waals surface area contributed by atoms with Crippen LogP contribution in [0.1, 0.15) is 21.7 Å². The van der Waals surface area contributed by atoms with Crippen molar-refractivity contribution in [2.24, 2.45) is 0 Å². The first-order valence-corrected chi connectivity index (χ1v) is 7.33. The van der Waals surface area contributed by atoms with E-state index in [1.165, 1.54) is 4.88 Å². The van der Waals surface area contributed by atoms with Crippen molar-refractivity contribution in [2.75, 3.05) is 13.2 Å². The Hall–Kier alpha value is -1.67. The third-order valence-corrected chi connectivity index (χ3v) is 3.82. The smallest absolute Gasteiger partial charge is 0.104 e. The summed E-state index contributed by atoms with van der Waals surface area (Å²) in [4.78, 5) is 5.51. The summed E-state index contributed by atoms with van der Waals surface area (Å²) >= 11 is 1.67. The summed E-state index contributed by atoms with van der Waals surface area (Å²) < 4.78 is 5.69. The normalized spacial score (nSPS) is 10.1. The quantitative estimate of drug-likeness (QED) is 0.679. The second kappa shape index (κ2) is 7.81. The van der Waals surface area contributed by atoms with Crippen LogP contribution in [0.15, 0.2) is 29.8 Å². The van der Waals surface area contributed by atoms with E-state index in [0.717, 1.165) is 23.2 Å². The number of thiazole rings is 1. The van der Waals surface area contributed by atoms with Crippen LogP contribution in [0.25, 0.3) is 0 Å². The molecule has 3 nitrogen and oxygen atoms in total. The van der Waals surface area contributed by atoms with Gasteiger partial charge in [-0.1, -0.05) is 24.0 Å². The number of aryl methyl sites for hydroxylation is 1. The van der Waals surface area contributed by atoms with E-state index in [9.17, 15) is 0 Å². The van der Waals surface area contributed by atoms with Crippen LogP contribution in [0, 0.1) is 18.8 Å². The molecule has 0 aliphatic rings. The first-order chi connectivity index (χ1) is 9.79. The average Bonchev–Trinajstić information content (AvgIpc) is 2.87. The number of hydrogen-bond donors (Lipinski definition) is 1. The van der Waals surface area contributed by atoms with E-state index in [2.05, 4.69) is 16.8 Å². The summed E-state index contributed by atoms with van der Waals surface area (Å²) in [6, 6.07) is 7.88. The van der Waals surface area contributed by atoms with Crippen molar-refractivity contribution in [3.63, 3.8) is 0 Å². The average molecular weight is 287 g/mol. The summed E-state index contributed by atoms with van der Waals surface area (Å²) in [5.74, 6) is 5.54. The molecular weight excluding hydrogens is 270 g/mol. The van der Waals surface area contributed by atoms with E-state index in [1.807, 2.05) is 36.7 Å². The molecule has 20 heavy (non-hydrogen) atoms. The maximum absolute atomic E-state index is 8.68. The Labute approximate surface area is 123 Å². The minimum Gasteiger partial charge on any atom is -0.384 e. The second-order valence-electron chi connectivity index (χ2n) is 4.32. The Balaban J connectivity index is 1.81. The minimum absolute atomic E-state index is 0.116. The molecule has 0 spiro atoms. The van der Waals surface area contributed by atoms with Gasteiger partial charge >= 0.3 is 0 Å². The first-order valence-electron chi connectivity index (χ1n) is 6.45. The highest BCUT2D eigenvalue weighted by molar-refractivity contribution is 7.09. The van der Waals surface area contributed by atoms with Gasteiger partial charge < -0.3 is 9.84 Å². The van der Waals surface area contributed by atoms with Gasteiger partial charge in [-0.2, -0.15) is 0 Å². The summed E-state index contributed by atoms with van der Waals surface area (Å²) in [6.45, 7) is 3.17. The number of rotatable bonds is 5. The van der Waals surface area contributed by atoms with Crippen molar-refractivity contribution in [1.29, 1.82) is 0 Å². The van der Waals surface area contributed by atoms with Crippen molar-refractivity contribution in [1.82, 2.24) is 4.98 Å². The van der Waals surface area contributed by atoms with Crippen LogP contribution >= 0.6 is 11.3 Å². The molecule has 1 aromatic heterocycles. The fraction of sp³-hybridized carbons (Fsp3) is 0.312. The van der Waals surface area contributed by atoms with Gasteiger partial charge in [0.25, 0.3) is 0 Å². The molecule has 104 valence electrons. The van der Waals surface area contributed by atoms with E-state index in [0.29, 0.717) is 13.2 Å². The predicted octanol–water partition coefficient (Wildman–Crippen LogP) is 2.55. The van der Waals surface area contributed by atoms with Crippen LogP contribution < -0.4 is 0 Å². The Morgan fingerprint density at radius 2 is 2.30 bits per heavy atom. The molecular formula is C16H17NO2S. The molecule has 0 atom stereocenters. The minimum atomic E-state index is -0.116. The van der Waals surface area contributed by atoms with Crippen LogP contribution in [0.2, 0.25) is 0 Å². The lowest BCUT2D eigenvalue weighted by Gasteiger charge is -2.04. The summed E-state index contributed by atoms with van der Waals surface area (Å²) in [5.41, 5.74) is 4.96. The van der Waals surface area contributed by atoms with Gasteiger partial charge in [-0.25, -0.2) is 4.98 Å². The number of ether oxygens (including phenoxy) is 1.